The molecule has 0 saturated heterocycles. The summed E-state index contributed by atoms with van der Waals surface area (Å²) in [6, 6.07) is 0. The number of likely N-dealkylation sites (N-methyl/N-ethyl adjacent to an activating group) is 1. The maximum atomic E-state index is 11.9. The van der Waals surface area contributed by atoms with Crippen LogP contribution in [0.3, 0.4) is 0 Å². The highest BCUT2D eigenvalue weighted by Crippen LogP contribution is 2.11. The smallest absolute Gasteiger partial charge is 0.289 e. The molecule has 8 heteroatoms. The number of thioether (sulfide) groups is 1. The van der Waals surface area contributed by atoms with Crippen molar-refractivity contribution in [2.45, 2.75) is 13.8 Å². The van der Waals surface area contributed by atoms with Gasteiger partial charge in [-0.3, -0.25) is 19.4 Å². The zero-order chi connectivity index (χ0) is 15.1. The second kappa shape index (κ2) is 7.68. The molecule has 0 bridgehead atoms. The van der Waals surface area contributed by atoms with Gasteiger partial charge in [-0.2, -0.15) is 5.01 Å². The first-order valence-corrected chi connectivity index (χ1v) is 7.07. The SMILES string of the molecule is C=CCN(C)[n+]1cc(NC(=O)[C@H](C)CSC(C)=O)on1. The van der Waals surface area contributed by atoms with E-state index in [0.29, 0.717) is 12.3 Å². The van der Waals surface area contributed by atoms with Crippen molar-refractivity contribution in [3.8, 4) is 0 Å². The Morgan fingerprint density at radius 3 is 3.00 bits per heavy atom. The Hall–Kier alpha value is -1.83. The van der Waals surface area contributed by atoms with E-state index < -0.39 is 0 Å². The predicted molar refractivity (Wildman–Crippen MR) is 76.8 cm³/mol. The molecule has 1 heterocycles. The molecule has 0 fully saturated rings. The molecule has 0 radical (unpaired) electrons. The lowest BCUT2D eigenvalue weighted by molar-refractivity contribution is -0.755. The summed E-state index contributed by atoms with van der Waals surface area (Å²) in [6.07, 6.45) is 3.28. The van der Waals surface area contributed by atoms with Gasteiger partial charge in [0.25, 0.3) is 6.20 Å². The molecule has 0 spiro atoms. The predicted octanol–water partition coefficient (Wildman–Crippen LogP) is 0.570. The van der Waals surface area contributed by atoms with E-state index in [1.807, 2.05) is 7.05 Å². The average molecular weight is 299 g/mol. The molecule has 1 atom stereocenters. The fraction of sp³-hybridized carbons (Fsp3) is 0.500. The minimum absolute atomic E-state index is 0.00629. The third-order valence-electron chi connectivity index (χ3n) is 2.43. The lowest BCUT2D eigenvalue weighted by Crippen LogP contribution is -2.56. The number of nitrogens with zero attached hydrogens (tertiary/aromatic N) is 3. The summed E-state index contributed by atoms with van der Waals surface area (Å²) >= 11 is 1.12. The fourth-order valence-electron chi connectivity index (χ4n) is 1.29. The molecule has 0 unspecified atom stereocenters. The quantitative estimate of drug-likeness (QED) is 0.586. The van der Waals surface area contributed by atoms with Crippen molar-refractivity contribution in [3.63, 3.8) is 0 Å². The Morgan fingerprint density at radius 1 is 1.70 bits per heavy atom. The molecule has 0 aliphatic rings. The standard InChI is InChI=1S/C12H18N4O3S/c1-5-6-15(4)16-7-11(19-14-16)13-12(18)9(2)8-20-10(3)17/h5,7,9H,1,6,8H2,2-4H3/p+1/t9-/m1/s1. The van der Waals surface area contributed by atoms with Gasteiger partial charge in [0, 0.05) is 18.6 Å². The summed E-state index contributed by atoms with van der Waals surface area (Å²) in [5.74, 6) is 0.179. The Balaban J connectivity index is 2.53. The average Bonchev–Trinajstić information content (AvgIpc) is 2.84. The summed E-state index contributed by atoms with van der Waals surface area (Å²) in [6.45, 7) is 7.45. The number of anilines is 1. The summed E-state index contributed by atoms with van der Waals surface area (Å²) < 4.78 is 5.01. The van der Waals surface area contributed by atoms with Gasteiger partial charge >= 0.3 is 5.88 Å². The van der Waals surface area contributed by atoms with Crippen LogP contribution < -0.4 is 15.1 Å². The van der Waals surface area contributed by atoms with Crippen molar-refractivity contribution in [2.24, 2.45) is 5.92 Å². The molecule has 1 aromatic heterocycles. The van der Waals surface area contributed by atoms with Gasteiger partial charge in [0.1, 0.15) is 0 Å². The van der Waals surface area contributed by atoms with E-state index in [0.717, 1.165) is 11.8 Å². The van der Waals surface area contributed by atoms with Gasteiger partial charge in [-0.1, -0.05) is 24.8 Å². The largest absolute Gasteiger partial charge is 0.305 e. The van der Waals surface area contributed by atoms with Crippen LogP contribution in [0.4, 0.5) is 5.88 Å². The van der Waals surface area contributed by atoms with Crippen LogP contribution >= 0.6 is 11.8 Å². The second-order valence-electron chi connectivity index (χ2n) is 4.31. The molecule has 1 amide bonds. The molecule has 0 aliphatic heterocycles. The van der Waals surface area contributed by atoms with Crippen LogP contribution in [0.1, 0.15) is 13.8 Å². The second-order valence-corrected chi connectivity index (χ2v) is 5.51. The van der Waals surface area contributed by atoms with Crippen LogP contribution in [0, 0.1) is 5.92 Å². The van der Waals surface area contributed by atoms with E-state index in [1.54, 1.807) is 24.2 Å². The summed E-state index contributed by atoms with van der Waals surface area (Å²) in [4.78, 5) is 24.2. The number of hydrogen-bond acceptors (Lipinski definition) is 6. The van der Waals surface area contributed by atoms with Crippen LogP contribution in [0.25, 0.3) is 0 Å². The Bertz CT molecular complexity index is 489. The van der Waals surface area contributed by atoms with E-state index in [-0.39, 0.29) is 22.8 Å². The number of rotatable bonds is 7. The van der Waals surface area contributed by atoms with E-state index >= 15 is 0 Å². The molecule has 20 heavy (non-hydrogen) atoms. The molecule has 0 aliphatic carbocycles. The third-order valence-corrected chi connectivity index (χ3v) is 3.50. The molecular formula is C12H19N4O3S+. The molecule has 1 aromatic rings. The number of carbonyl (C=O) groups is 2. The first kappa shape index (κ1) is 16.2. The van der Waals surface area contributed by atoms with Gasteiger partial charge in [0.2, 0.25) is 11.2 Å². The normalized spacial score (nSPS) is 11.8. The van der Waals surface area contributed by atoms with Gasteiger partial charge in [-0.15, -0.1) is 6.58 Å². The minimum atomic E-state index is -0.298. The number of carbonyl (C=O) groups excluding carboxylic acids is 2. The first-order chi connectivity index (χ1) is 9.43. The van der Waals surface area contributed by atoms with Crippen molar-refractivity contribution in [1.82, 2.24) is 5.27 Å². The molecule has 1 N–H and O–H groups in total. The number of nitrogens with one attached hydrogen (secondary N) is 1. The van der Waals surface area contributed by atoms with Crippen molar-refractivity contribution in [2.75, 3.05) is 29.7 Å². The Labute approximate surface area is 121 Å². The zero-order valence-electron chi connectivity index (χ0n) is 11.8. The maximum absolute atomic E-state index is 11.9. The third kappa shape index (κ3) is 5.04. The minimum Gasteiger partial charge on any atom is -0.289 e. The van der Waals surface area contributed by atoms with Crippen molar-refractivity contribution in [1.29, 1.82) is 0 Å². The van der Waals surface area contributed by atoms with Crippen LogP contribution in [-0.4, -0.2) is 35.6 Å². The van der Waals surface area contributed by atoms with E-state index in [4.69, 9.17) is 4.52 Å². The number of hydrogen-bond donors (Lipinski definition) is 1. The number of aromatic nitrogens is 2. The maximum Gasteiger partial charge on any atom is 0.305 e. The molecular weight excluding hydrogens is 280 g/mol. The van der Waals surface area contributed by atoms with Crippen LogP contribution in [0.15, 0.2) is 23.4 Å². The van der Waals surface area contributed by atoms with Crippen LogP contribution in [-0.2, 0) is 9.59 Å². The molecule has 7 nitrogen and oxygen atoms in total. The number of amides is 1. The van der Waals surface area contributed by atoms with Gasteiger partial charge in [0.05, 0.1) is 18.4 Å². The van der Waals surface area contributed by atoms with Gasteiger partial charge in [0.15, 0.2) is 5.12 Å². The zero-order valence-corrected chi connectivity index (χ0v) is 12.6. The summed E-state index contributed by atoms with van der Waals surface area (Å²) in [7, 11) is 1.81. The highest BCUT2D eigenvalue weighted by atomic mass is 32.2. The molecule has 1 rings (SSSR count). The summed E-state index contributed by atoms with van der Waals surface area (Å²) in [5.41, 5.74) is 0. The van der Waals surface area contributed by atoms with Crippen LogP contribution in [0.2, 0.25) is 0 Å². The monoisotopic (exact) mass is 299 g/mol. The molecule has 0 saturated carbocycles. The molecule has 0 aromatic carbocycles. The van der Waals surface area contributed by atoms with Crippen molar-refractivity contribution in [3.05, 3.63) is 18.9 Å². The van der Waals surface area contributed by atoms with Crippen molar-refractivity contribution >= 4 is 28.7 Å². The van der Waals surface area contributed by atoms with Gasteiger partial charge < -0.3 is 0 Å². The van der Waals surface area contributed by atoms with E-state index in [1.165, 1.54) is 11.7 Å². The lowest BCUT2D eigenvalue weighted by Gasteiger charge is -2.07. The van der Waals surface area contributed by atoms with E-state index in [2.05, 4.69) is 17.2 Å². The highest BCUT2D eigenvalue weighted by molar-refractivity contribution is 8.13. The molecule has 110 valence electrons. The highest BCUT2D eigenvalue weighted by Gasteiger charge is 2.20. The Morgan fingerprint density at radius 2 is 2.40 bits per heavy atom. The topological polar surface area (TPSA) is 79.3 Å². The first-order valence-electron chi connectivity index (χ1n) is 6.09. The van der Waals surface area contributed by atoms with Crippen molar-refractivity contribution < 1.29 is 18.9 Å². The van der Waals surface area contributed by atoms with Gasteiger partial charge in [-0.25, -0.2) is 0 Å². The van der Waals surface area contributed by atoms with E-state index in [9.17, 15) is 9.59 Å². The Kier molecular flexibility index (Phi) is 6.23. The summed E-state index contributed by atoms with van der Waals surface area (Å²) in [5, 5.41) is 8.13. The van der Waals surface area contributed by atoms with Gasteiger partial charge in [-0.05, 0) is 0 Å². The van der Waals surface area contributed by atoms with Crippen LogP contribution in [0.5, 0.6) is 0 Å². The fourth-order valence-corrected chi connectivity index (χ4v) is 1.92. The lowest BCUT2D eigenvalue weighted by atomic mass is 10.2.